The van der Waals surface area contributed by atoms with Crippen LogP contribution in [0.3, 0.4) is 0 Å². The molecule has 3 aromatic heterocycles. The van der Waals surface area contributed by atoms with Gasteiger partial charge in [0.1, 0.15) is 5.75 Å². The molecule has 0 unspecified atom stereocenters. The Hall–Kier alpha value is -2.19. The minimum absolute atomic E-state index is 0.723. The van der Waals surface area contributed by atoms with E-state index in [-0.39, 0.29) is 0 Å². The van der Waals surface area contributed by atoms with Gasteiger partial charge in [0.15, 0.2) is 0 Å². The Balaban J connectivity index is 1.47. The summed E-state index contributed by atoms with van der Waals surface area (Å²) in [5, 5.41) is 12.3. The number of hydrogen-bond donors (Lipinski definition) is 2. The van der Waals surface area contributed by atoms with E-state index in [9.17, 15) is 0 Å². The maximum Gasteiger partial charge on any atom is 0.214 e. The highest BCUT2D eigenvalue weighted by atomic mass is 32.1. The molecule has 0 amide bonds. The van der Waals surface area contributed by atoms with Crippen molar-refractivity contribution in [1.29, 1.82) is 0 Å². The van der Waals surface area contributed by atoms with Gasteiger partial charge in [-0.25, -0.2) is 9.50 Å². The fourth-order valence-electron chi connectivity index (χ4n) is 2.90. The molecule has 1 aliphatic heterocycles. The van der Waals surface area contributed by atoms with E-state index in [1.807, 2.05) is 16.8 Å². The molecule has 4 rings (SSSR count). The maximum absolute atomic E-state index is 5.22. The third-order valence-electron chi connectivity index (χ3n) is 4.29. The molecule has 3 aromatic rings. The fourth-order valence-corrected chi connectivity index (χ4v) is 3.69. The third-order valence-corrected chi connectivity index (χ3v) is 5.17. The first-order chi connectivity index (χ1) is 11.8. The monoisotopic (exact) mass is 344 g/mol. The molecule has 24 heavy (non-hydrogen) atoms. The van der Waals surface area contributed by atoms with Crippen molar-refractivity contribution in [3.8, 4) is 17.0 Å². The summed E-state index contributed by atoms with van der Waals surface area (Å²) in [6.45, 7) is 3.21. The van der Waals surface area contributed by atoms with Crippen molar-refractivity contribution >= 4 is 21.4 Å². The Morgan fingerprint density at radius 1 is 1.38 bits per heavy atom. The van der Waals surface area contributed by atoms with Gasteiger partial charge >= 0.3 is 0 Å². The molecule has 1 fully saturated rings. The number of pyridine rings is 1. The van der Waals surface area contributed by atoms with E-state index in [2.05, 4.69) is 25.7 Å². The van der Waals surface area contributed by atoms with Crippen molar-refractivity contribution < 1.29 is 4.74 Å². The largest absolute Gasteiger partial charge is 0.495 e. The number of rotatable bonds is 5. The van der Waals surface area contributed by atoms with Crippen LogP contribution in [0.15, 0.2) is 24.7 Å². The van der Waals surface area contributed by atoms with Crippen LogP contribution in [-0.2, 0) is 0 Å². The zero-order valence-electron chi connectivity index (χ0n) is 13.5. The molecule has 0 saturated carbocycles. The topological polar surface area (TPSA) is 76.4 Å². The van der Waals surface area contributed by atoms with Crippen LogP contribution >= 0.6 is 11.3 Å². The lowest BCUT2D eigenvalue weighted by Crippen LogP contribution is -2.31. The summed E-state index contributed by atoms with van der Waals surface area (Å²) >= 11 is 1.57. The van der Waals surface area contributed by atoms with Crippen LogP contribution in [0, 0.1) is 5.92 Å². The molecule has 0 aromatic carbocycles. The lowest BCUT2D eigenvalue weighted by molar-refractivity contribution is 0.390. The number of methoxy groups -OCH3 is 1. The lowest BCUT2D eigenvalue weighted by Gasteiger charge is -2.22. The summed E-state index contributed by atoms with van der Waals surface area (Å²) < 4.78 is 7.04. The van der Waals surface area contributed by atoms with Crippen molar-refractivity contribution in [3.05, 3.63) is 24.7 Å². The van der Waals surface area contributed by atoms with E-state index in [0.717, 1.165) is 52.7 Å². The maximum atomic E-state index is 5.22. The van der Waals surface area contributed by atoms with Crippen molar-refractivity contribution in [2.75, 3.05) is 32.1 Å². The molecule has 0 atom stereocenters. The van der Waals surface area contributed by atoms with Gasteiger partial charge in [0.25, 0.3) is 0 Å². The van der Waals surface area contributed by atoms with E-state index in [0.29, 0.717) is 0 Å². The van der Waals surface area contributed by atoms with Crippen LogP contribution in [0.2, 0.25) is 0 Å². The SMILES string of the molecule is COc1cncc(-c2cn3nc(NCC4CCNCC4)sc3n2)c1. The van der Waals surface area contributed by atoms with Crippen LogP contribution < -0.4 is 15.4 Å². The standard InChI is InChI=1S/C16H20N6OS/c1-23-13-6-12(8-18-9-13)14-10-22-16(20-14)24-15(21-22)19-7-11-2-4-17-5-3-11/h6,8-11,17H,2-5,7H2,1H3,(H,19,21). The summed E-state index contributed by atoms with van der Waals surface area (Å²) in [5.41, 5.74) is 1.78. The highest BCUT2D eigenvalue weighted by Crippen LogP contribution is 2.26. The van der Waals surface area contributed by atoms with Gasteiger partial charge in [0.05, 0.1) is 25.2 Å². The number of aromatic nitrogens is 4. The van der Waals surface area contributed by atoms with Gasteiger partial charge in [-0.15, -0.1) is 5.10 Å². The Morgan fingerprint density at radius 2 is 2.25 bits per heavy atom. The van der Waals surface area contributed by atoms with Crippen LogP contribution in [-0.4, -0.2) is 46.3 Å². The molecular weight excluding hydrogens is 324 g/mol. The predicted octanol–water partition coefficient (Wildman–Crippen LogP) is 2.27. The van der Waals surface area contributed by atoms with Crippen LogP contribution in [0.4, 0.5) is 5.13 Å². The molecule has 0 spiro atoms. The number of hydrogen-bond acceptors (Lipinski definition) is 7. The fraction of sp³-hybridized carbons (Fsp3) is 0.438. The van der Waals surface area contributed by atoms with Crippen molar-refractivity contribution in [1.82, 2.24) is 24.9 Å². The molecule has 0 aliphatic carbocycles. The van der Waals surface area contributed by atoms with Gasteiger partial charge in [-0.2, -0.15) is 0 Å². The van der Waals surface area contributed by atoms with Crippen LogP contribution in [0.1, 0.15) is 12.8 Å². The minimum Gasteiger partial charge on any atom is -0.495 e. The van der Waals surface area contributed by atoms with Gasteiger partial charge in [0.2, 0.25) is 10.1 Å². The Bertz CT molecular complexity index is 791. The van der Waals surface area contributed by atoms with Gasteiger partial charge in [-0.3, -0.25) is 4.98 Å². The van der Waals surface area contributed by atoms with Crippen molar-refractivity contribution in [2.45, 2.75) is 12.8 Å². The molecular formula is C16H20N6OS. The van der Waals surface area contributed by atoms with Crippen LogP contribution in [0.5, 0.6) is 5.75 Å². The molecule has 126 valence electrons. The van der Waals surface area contributed by atoms with Gasteiger partial charge in [0, 0.05) is 18.3 Å². The van der Waals surface area contributed by atoms with E-state index < -0.39 is 0 Å². The zero-order chi connectivity index (χ0) is 16.4. The molecule has 2 N–H and O–H groups in total. The Kier molecular flexibility index (Phi) is 4.31. The Morgan fingerprint density at radius 3 is 3.04 bits per heavy atom. The number of nitrogens with one attached hydrogen (secondary N) is 2. The number of fused-ring (bicyclic) bond motifs is 1. The average molecular weight is 344 g/mol. The number of nitrogens with zero attached hydrogens (tertiary/aromatic N) is 4. The van der Waals surface area contributed by atoms with Gasteiger partial charge in [-0.1, -0.05) is 11.3 Å². The average Bonchev–Trinajstić information content (AvgIpc) is 3.19. The summed E-state index contributed by atoms with van der Waals surface area (Å²) in [5.74, 6) is 1.45. The molecule has 1 saturated heterocycles. The van der Waals surface area contributed by atoms with E-state index in [1.165, 1.54) is 12.8 Å². The minimum atomic E-state index is 0.723. The summed E-state index contributed by atoms with van der Waals surface area (Å²) in [6, 6.07) is 1.93. The molecule has 0 radical (unpaired) electrons. The number of anilines is 1. The summed E-state index contributed by atoms with van der Waals surface area (Å²) in [6.07, 6.45) is 7.84. The number of ether oxygens (including phenoxy) is 1. The first-order valence-electron chi connectivity index (χ1n) is 8.12. The predicted molar refractivity (Wildman–Crippen MR) is 94.7 cm³/mol. The zero-order valence-corrected chi connectivity index (χ0v) is 14.3. The highest BCUT2D eigenvalue weighted by molar-refractivity contribution is 7.20. The van der Waals surface area contributed by atoms with Crippen molar-refractivity contribution in [2.24, 2.45) is 5.92 Å². The smallest absolute Gasteiger partial charge is 0.214 e. The van der Waals surface area contributed by atoms with E-state index >= 15 is 0 Å². The summed E-state index contributed by atoms with van der Waals surface area (Å²) in [7, 11) is 1.63. The Labute approximate surface area is 144 Å². The molecule has 7 nitrogen and oxygen atoms in total. The highest BCUT2D eigenvalue weighted by Gasteiger charge is 2.14. The van der Waals surface area contributed by atoms with E-state index in [4.69, 9.17) is 4.74 Å². The van der Waals surface area contributed by atoms with E-state index in [1.54, 1.807) is 30.8 Å². The first kappa shape index (κ1) is 15.3. The molecule has 8 heteroatoms. The van der Waals surface area contributed by atoms with Crippen molar-refractivity contribution in [3.63, 3.8) is 0 Å². The quantitative estimate of drug-likeness (QED) is 0.739. The second-order valence-corrected chi connectivity index (χ2v) is 6.90. The molecule has 4 heterocycles. The van der Waals surface area contributed by atoms with Gasteiger partial charge in [-0.05, 0) is 37.9 Å². The molecule has 0 bridgehead atoms. The normalized spacial score (nSPS) is 15.7. The van der Waals surface area contributed by atoms with Crippen LogP contribution in [0.25, 0.3) is 16.2 Å². The third kappa shape index (κ3) is 3.20. The first-order valence-corrected chi connectivity index (χ1v) is 8.93. The lowest BCUT2D eigenvalue weighted by atomic mass is 9.98. The van der Waals surface area contributed by atoms with Gasteiger partial charge < -0.3 is 15.4 Å². The second-order valence-electron chi connectivity index (χ2n) is 5.95. The summed E-state index contributed by atoms with van der Waals surface area (Å²) in [4.78, 5) is 9.70. The number of piperidine rings is 1. The molecule has 1 aliphatic rings. The second kappa shape index (κ2) is 6.74. The number of imidazole rings is 1.